The molecule has 1 fully saturated rings. The molecule has 29 heavy (non-hydrogen) atoms. The van der Waals surface area contributed by atoms with E-state index in [2.05, 4.69) is 43.1 Å². The molecule has 2 amide bonds. The second-order valence-corrected chi connectivity index (χ2v) is 8.09. The van der Waals surface area contributed by atoms with Gasteiger partial charge in [-0.2, -0.15) is 0 Å². The van der Waals surface area contributed by atoms with Crippen molar-refractivity contribution in [1.82, 2.24) is 10.2 Å². The van der Waals surface area contributed by atoms with Crippen LogP contribution in [0.1, 0.15) is 63.6 Å². The van der Waals surface area contributed by atoms with Gasteiger partial charge in [-0.05, 0) is 74.9 Å². The van der Waals surface area contributed by atoms with Crippen molar-refractivity contribution in [2.45, 2.75) is 52.7 Å². The maximum absolute atomic E-state index is 13.0. The third-order valence-electron chi connectivity index (χ3n) is 6.26. The Balaban J connectivity index is 1.56. The van der Waals surface area contributed by atoms with Crippen molar-refractivity contribution in [2.24, 2.45) is 0 Å². The van der Waals surface area contributed by atoms with Crippen LogP contribution >= 0.6 is 0 Å². The van der Waals surface area contributed by atoms with Gasteiger partial charge < -0.3 is 15.1 Å². The molecule has 0 unspecified atom stereocenters. The van der Waals surface area contributed by atoms with Crippen LogP contribution in [-0.2, 0) is 6.54 Å². The monoisotopic (exact) mass is 391 g/mol. The number of fused-ring (bicyclic) bond motifs is 2. The van der Waals surface area contributed by atoms with Crippen LogP contribution in [0, 0.1) is 13.8 Å². The summed E-state index contributed by atoms with van der Waals surface area (Å²) in [5.41, 5.74) is 5.75. The topological polar surface area (TPSA) is 52.7 Å². The number of rotatable bonds is 4. The first kappa shape index (κ1) is 19.5. The lowest BCUT2D eigenvalue weighted by molar-refractivity contribution is 0.0582. The molecule has 0 bridgehead atoms. The summed E-state index contributed by atoms with van der Waals surface area (Å²) in [6.07, 6.45) is 3.30. The van der Waals surface area contributed by atoms with Crippen molar-refractivity contribution in [3.8, 4) is 0 Å². The average Bonchev–Trinajstić information content (AvgIpc) is 2.74. The Labute approximate surface area is 172 Å². The summed E-state index contributed by atoms with van der Waals surface area (Å²) in [6, 6.07) is 11.7. The van der Waals surface area contributed by atoms with Crippen molar-refractivity contribution < 1.29 is 9.59 Å². The minimum absolute atomic E-state index is 0.0940. The van der Waals surface area contributed by atoms with Crippen LogP contribution < -0.4 is 10.2 Å². The minimum atomic E-state index is -0.111. The van der Waals surface area contributed by atoms with Crippen molar-refractivity contribution in [3.63, 3.8) is 0 Å². The summed E-state index contributed by atoms with van der Waals surface area (Å²) < 4.78 is 0. The first-order chi connectivity index (χ1) is 14.0. The predicted octanol–water partition coefficient (Wildman–Crippen LogP) is 4.03. The Morgan fingerprint density at radius 3 is 2.69 bits per heavy atom. The summed E-state index contributed by atoms with van der Waals surface area (Å²) >= 11 is 0. The molecule has 2 aromatic rings. The van der Waals surface area contributed by atoms with Gasteiger partial charge in [-0.25, -0.2) is 0 Å². The number of aryl methyl sites for hydroxylation is 2. The second-order valence-electron chi connectivity index (χ2n) is 8.09. The summed E-state index contributed by atoms with van der Waals surface area (Å²) in [5, 5.41) is 3.02. The molecular formula is C24H29N3O2. The van der Waals surface area contributed by atoms with E-state index in [0.29, 0.717) is 17.7 Å². The highest BCUT2D eigenvalue weighted by Crippen LogP contribution is 2.35. The molecule has 1 saturated heterocycles. The first-order valence-electron chi connectivity index (χ1n) is 10.6. The lowest BCUT2D eigenvalue weighted by Crippen LogP contribution is -2.57. The van der Waals surface area contributed by atoms with E-state index in [0.717, 1.165) is 43.6 Å². The third-order valence-corrected chi connectivity index (χ3v) is 6.26. The predicted molar refractivity (Wildman–Crippen MR) is 115 cm³/mol. The van der Waals surface area contributed by atoms with E-state index in [1.54, 1.807) is 6.07 Å². The fraction of sp³-hybridized carbons (Fsp3) is 0.417. The van der Waals surface area contributed by atoms with Gasteiger partial charge in [0, 0.05) is 25.2 Å². The van der Waals surface area contributed by atoms with Gasteiger partial charge in [0.25, 0.3) is 11.8 Å². The van der Waals surface area contributed by atoms with Gasteiger partial charge >= 0.3 is 0 Å². The van der Waals surface area contributed by atoms with E-state index < -0.39 is 0 Å². The Kier molecular flexibility index (Phi) is 5.31. The number of piperidine rings is 1. The van der Waals surface area contributed by atoms with Gasteiger partial charge in [-0.15, -0.1) is 0 Å². The minimum Gasteiger partial charge on any atom is -0.351 e. The number of benzene rings is 2. The molecule has 2 heterocycles. The van der Waals surface area contributed by atoms with Gasteiger partial charge in [0.05, 0.1) is 11.3 Å². The van der Waals surface area contributed by atoms with Crippen LogP contribution in [0.3, 0.4) is 0 Å². The number of carbonyl (C=O) groups is 2. The van der Waals surface area contributed by atoms with E-state index in [4.69, 9.17) is 0 Å². The molecule has 0 saturated carbocycles. The molecule has 4 rings (SSSR count). The first-order valence-corrected chi connectivity index (χ1v) is 10.6. The molecule has 0 radical (unpaired) electrons. The average molecular weight is 392 g/mol. The van der Waals surface area contributed by atoms with E-state index in [-0.39, 0.29) is 18.0 Å². The van der Waals surface area contributed by atoms with Crippen LogP contribution in [0.4, 0.5) is 5.69 Å². The van der Waals surface area contributed by atoms with Gasteiger partial charge in [0.2, 0.25) is 0 Å². The van der Waals surface area contributed by atoms with Crippen molar-refractivity contribution in [3.05, 3.63) is 64.2 Å². The Hall–Kier alpha value is -2.82. The van der Waals surface area contributed by atoms with Crippen LogP contribution in [0.5, 0.6) is 0 Å². The van der Waals surface area contributed by atoms with Gasteiger partial charge in [0.1, 0.15) is 6.17 Å². The second kappa shape index (κ2) is 7.90. The Bertz CT molecular complexity index is 953. The quantitative estimate of drug-likeness (QED) is 0.856. The fourth-order valence-electron chi connectivity index (χ4n) is 4.46. The standard InChI is InChI=1S/C24H29N3O2/c1-4-26-21-14-19(23(28)25-15-18-9-8-16(2)17(3)13-18)10-11-20(21)24(29)27-12-6-5-7-22(26)27/h8-11,13-14,22H,4-7,12,15H2,1-3H3,(H,25,28)/t22-/m0/s1. The number of anilines is 1. The molecule has 2 aliphatic heterocycles. The maximum atomic E-state index is 13.0. The molecule has 0 spiro atoms. The number of hydrogen-bond donors (Lipinski definition) is 1. The van der Waals surface area contributed by atoms with E-state index in [9.17, 15) is 9.59 Å². The van der Waals surface area contributed by atoms with E-state index >= 15 is 0 Å². The van der Waals surface area contributed by atoms with Crippen LogP contribution in [0.25, 0.3) is 0 Å². The zero-order valence-corrected chi connectivity index (χ0v) is 17.5. The van der Waals surface area contributed by atoms with Crippen LogP contribution in [-0.4, -0.2) is 36.0 Å². The third kappa shape index (κ3) is 3.61. The van der Waals surface area contributed by atoms with Crippen molar-refractivity contribution in [1.29, 1.82) is 0 Å². The molecule has 1 N–H and O–H groups in total. The SMILES string of the molecule is CCN1c2cc(C(=O)NCc3ccc(C)c(C)c3)ccc2C(=O)N2CCCC[C@H]21. The fourth-order valence-corrected chi connectivity index (χ4v) is 4.46. The summed E-state index contributed by atoms with van der Waals surface area (Å²) in [6.45, 7) is 8.39. The normalized spacial score (nSPS) is 18.3. The highest BCUT2D eigenvalue weighted by atomic mass is 16.2. The summed E-state index contributed by atoms with van der Waals surface area (Å²) in [7, 11) is 0. The van der Waals surface area contributed by atoms with Gasteiger partial charge in [-0.3, -0.25) is 9.59 Å². The van der Waals surface area contributed by atoms with E-state index in [1.165, 1.54) is 11.1 Å². The molecule has 0 aliphatic carbocycles. The lowest BCUT2D eigenvalue weighted by atomic mass is 9.97. The molecule has 152 valence electrons. The zero-order chi connectivity index (χ0) is 20.5. The molecule has 5 nitrogen and oxygen atoms in total. The molecular weight excluding hydrogens is 362 g/mol. The molecule has 5 heteroatoms. The lowest BCUT2D eigenvalue weighted by Gasteiger charge is -2.47. The highest BCUT2D eigenvalue weighted by molar-refractivity contribution is 6.04. The van der Waals surface area contributed by atoms with Crippen molar-refractivity contribution >= 4 is 17.5 Å². The zero-order valence-electron chi connectivity index (χ0n) is 17.5. The molecule has 1 atom stereocenters. The number of hydrogen-bond acceptors (Lipinski definition) is 3. The molecule has 2 aliphatic rings. The van der Waals surface area contributed by atoms with Crippen LogP contribution in [0.15, 0.2) is 36.4 Å². The highest BCUT2D eigenvalue weighted by Gasteiger charge is 2.38. The number of amides is 2. The smallest absolute Gasteiger partial charge is 0.257 e. The van der Waals surface area contributed by atoms with Gasteiger partial charge in [-0.1, -0.05) is 18.2 Å². The number of carbonyl (C=O) groups excluding carboxylic acids is 2. The number of nitrogens with one attached hydrogen (secondary N) is 1. The largest absolute Gasteiger partial charge is 0.351 e. The van der Waals surface area contributed by atoms with Crippen LogP contribution in [0.2, 0.25) is 0 Å². The maximum Gasteiger partial charge on any atom is 0.257 e. The Morgan fingerprint density at radius 2 is 1.93 bits per heavy atom. The van der Waals surface area contributed by atoms with E-state index in [1.807, 2.05) is 23.1 Å². The van der Waals surface area contributed by atoms with Gasteiger partial charge in [0.15, 0.2) is 0 Å². The Morgan fingerprint density at radius 1 is 1.10 bits per heavy atom. The molecule has 2 aromatic carbocycles. The molecule has 0 aromatic heterocycles. The van der Waals surface area contributed by atoms with Crippen molar-refractivity contribution in [2.75, 3.05) is 18.0 Å². The summed E-state index contributed by atoms with van der Waals surface area (Å²) in [4.78, 5) is 30.0. The summed E-state index contributed by atoms with van der Waals surface area (Å²) in [5.74, 6) is -0.0166. The number of nitrogens with zero attached hydrogens (tertiary/aromatic N) is 2.